The number of piperidine rings is 1. The van der Waals surface area contributed by atoms with Crippen LogP contribution in [-0.4, -0.2) is 59.4 Å². The second-order valence-electron chi connectivity index (χ2n) is 8.80. The molecule has 0 unspecified atom stereocenters. The third kappa shape index (κ3) is 6.35. The second kappa shape index (κ2) is 11.7. The van der Waals surface area contributed by atoms with Gasteiger partial charge in [0.2, 0.25) is 5.95 Å². The SMILES string of the molecule is C=NN(C)/N=C(\N)c1ccc(-c2cc(F)c(OCC3CCN(c4ncc(CC)cn4)CC3)c(F)c2)cn1. The van der Waals surface area contributed by atoms with Crippen molar-refractivity contribution in [2.45, 2.75) is 26.2 Å². The summed E-state index contributed by atoms with van der Waals surface area (Å²) in [6, 6.07) is 5.75. The highest BCUT2D eigenvalue weighted by molar-refractivity contribution is 5.95. The number of benzene rings is 1. The van der Waals surface area contributed by atoms with Crippen molar-refractivity contribution < 1.29 is 13.5 Å². The maximum atomic E-state index is 14.8. The first-order valence-electron chi connectivity index (χ1n) is 12.1. The third-order valence-electron chi connectivity index (χ3n) is 6.28. The van der Waals surface area contributed by atoms with Gasteiger partial charge in [-0.2, -0.15) is 10.2 Å². The Morgan fingerprint density at radius 1 is 1.11 bits per heavy atom. The fraction of sp³-hybridized carbons (Fsp3) is 0.346. The molecule has 1 aliphatic heterocycles. The number of pyridine rings is 1. The average molecular weight is 509 g/mol. The van der Waals surface area contributed by atoms with Gasteiger partial charge in [-0.1, -0.05) is 13.0 Å². The lowest BCUT2D eigenvalue weighted by Gasteiger charge is -2.31. The molecule has 0 bridgehead atoms. The van der Waals surface area contributed by atoms with Crippen molar-refractivity contribution in [2.75, 3.05) is 31.6 Å². The van der Waals surface area contributed by atoms with Crippen LogP contribution in [0, 0.1) is 17.6 Å². The standard InChI is InChI=1S/C26H30F2N8O/c1-4-17-13-32-26(33-14-17)36-9-7-18(8-10-36)16-37-24-21(27)11-20(12-22(24)28)19-5-6-23(31-15-19)25(29)34-35(3)30-2/h5-6,11-15,18H,2,4,7-10,16H2,1,3H3,(H2,29,34). The number of amidine groups is 1. The second-order valence-corrected chi connectivity index (χ2v) is 8.80. The summed E-state index contributed by atoms with van der Waals surface area (Å²) in [6.45, 7) is 7.18. The molecule has 1 aromatic carbocycles. The molecule has 0 atom stereocenters. The molecule has 37 heavy (non-hydrogen) atoms. The number of hydrogen-bond donors (Lipinski definition) is 1. The van der Waals surface area contributed by atoms with Gasteiger partial charge in [-0.05, 0) is 54.5 Å². The molecule has 0 aliphatic carbocycles. The Balaban J connectivity index is 1.35. The van der Waals surface area contributed by atoms with E-state index in [2.05, 4.69) is 43.7 Å². The zero-order chi connectivity index (χ0) is 26.4. The molecule has 1 aliphatic rings. The van der Waals surface area contributed by atoms with E-state index in [9.17, 15) is 8.78 Å². The molecule has 0 amide bonds. The predicted molar refractivity (Wildman–Crippen MR) is 139 cm³/mol. The lowest BCUT2D eigenvalue weighted by atomic mass is 9.98. The molecule has 2 N–H and O–H groups in total. The Kier molecular flexibility index (Phi) is 8.22. The number of hydrogen-bond acceptors (Lipinski definition) is 8. The summed E-state index contributed by atoms with van der Waals surface area (Å²) in [5.74, 6) is -0.867. The summed E-state index contributed by atoms with van der Waals surface area (Å²) in [5.41, 5.74) is 8.24. The van der Waals surface area contributed by atoms with Crippen LogP contribution in [0.1, 0.15) is 31.0 Å². The normalized spacial score (nSPS) is 14.5. The van der Waals surface area contributed by atoms with Gasteiger partial charge in [-0.3, -0.25) is 4.98 Å². The van der Waals surface area contributed by atoms with Crippen LogP contribution in [0.3, 0.4) is 0 Å². The van der Waals surface area contributed by atoms with Crippen molar-refractivity contribution in [1.82, 2.24) is 20.1 Å². The lowest BCUT2D eigenvalue weighted by molar-refractivity contribution is 0.207. The number of anilines is 1. The van der Waals surface area contributed by atoms with Crippen molar-refractivity contribution in [3.05, 3.63) is 65.7 Å². The van der Waals surface area contributed by atoms with Crippen molar-refractivity contribution >= 4 is 18.5 Å². The predicted octanol–water partition coefficient (Wildman–Crippen LogP) is 3.84. The van der Waals surface area contributed by atoms with Gasteiger partial charge < -0.3 is 15.4 Å². The third-order valence-corrected chi connectivity index (χ3v) is 6.28. The zero-order valence-electron chi connectivity index (χ0n) is 20.9. The van der Waals surface area contributed by atoms with Crippen LogP contribution in [0.25, 0.3) is 11.1 Å². The Labute approximate surface area is 214 Å². The number of halogens is 2. The molecule has 3 heterocycles. The number of aromatic nitrogens is 3. The Hall–Kier alpha value is -4.15. The number of nitrogens with two attached hydrogens (primary N) is 1. The van der Waals surface area contributed by atoms with E-state index < -0.39 is 11.6 Å². The van der Waals surface area contributed by atoms with E-state index in [1.807, 2.05) is 12.4 Å². The summed E-state index contributed by atoms with van der Waals surface area (Å²) in [4.78, 5) is 15.2. The van der Waals surface area contributed by atoms with Crippen LogP contribution in [0.5, 0.6) is 5.75 Å². The van der Waals surface area contributed by atoms with E-state index in [0.29, 0.717) is 22.8 Å². The largest absolute Gasteiger partial charge is 0.487 e. The highest BCUT2D eigenvalue weighted by Gasteiger charge is 2.23. The zero-order valence-corrected chi connectivity index (χ0v) is 20.9. The lowest BCUT2D eigenvalue weighted by Crippen LogP contribution is -2.36. The minimum absolute atomic E-state index is 0.135. The maximum Gasteiger partial charge on any atom is 0.225 e. The molecule has 3 aromatic rings. The summed E-state index contributed by atoms with van der Waals surface area (Å²) in [5, 5.41) is 8.79. The van der Waals surface area contributed by atoms with Crippen LogP contribution < -0.4 is 15.4 Å². The quantitative estimate of drug-likeness (QED) is 0.266. The van der Waals surface area contributed by atoms with Crippen molar-refractivity contribution in [1.29, 1.82) is 0 Å². The van der Waals surface area contributed by atoms with Crippen LogP contribution in [0.4, 0.5) is 14.7 Å². The van der Waals surface area contributed by atoms with Gasteiger partial charge in [0, 0.05) is 51.0 Å². The minimum atomic E-state index is -0.763. The van der Waals surface area contributed by atoms with Gasteiger partial charge in [0.05, 0.1) is 6.61 Å². The highest BCUT2D eigenvalue weighted by Crippen LogP contribution is 2.30. The van der Waals surface area contributed by atoms with Gasteiger partial charge in [-0.15, -0.1) is 5.10 Å². The first-order chi connectivity index (χ1) is 17.9. The van der Waals surface area contributed by atoms with Gasteiger partial charge in [-0.25, -0.2) is 18.7 Å². The number of hydrazone groups is 2. The smallest absolute Gasteiger partial charge is 0.225 e. The van der Waals surface area contributed by atoms with E-state index in [-0.39, 0.29) is 24.1 Å². The topological polar surface area (TPSA) is 105 Å². The van der Waals surface area contributed by atoms with Crippen molar-refractivity contribution in [2.24, 2.45) is 21.9 Å². The van der Waals surface area contributed by atoms with Crippen molar-refractivity contribution in [3.8, 4) is 16.9 Å². The molecule has 2 aromatic heterocycles. The van der Waals surface area contributed by atoms with E-state index in [0.717, 1.165) is 37.9 Å². The fourth-order valence-corrected chi connectivity index (χ4v) is 4.01. The summed E-state index contributed by atoms with van der Waals surface area (Å²) < 4.78 is 35.2. The molecule has 4 rings (SSSR count). The number of ether oxygens (including phenoxy) is 1. The van der Waals surface area contributed by atoms with Crippen LogP contribution in [0.15, 0.2) is 53.1 Å². The van der Waals surface area contributed by atoms with Crippen LogP contribution in [-0.2, 0) is 6.42 Å². The highest BCUT2D eigenvalue weighted by atomic mass is 19.1. The van der Waals surface area contributed by atoms with Gasteiger partial charge in [0.1, 0.15) is 5.69 Å². The molecule has 1 fully saturated rings. The van der Waals surface area contributed by atoms with E-state index >= 15 is 0 Å². The Morgan fingerprint density at radius 2 is 1.78 bits per heavy atom. The molecule has 194 valence electrons. The molecule has 0 spiro atoms. The van der Waals surface area contributed by atoms with Crippen LogP contribution >= 0.6 is 0 Å². The molecule has 1 saturated heterocycles. The average Bonchev–Trinajstić information content (AvgIpc) is 2.93. The minimum Gasteiger partial charge on any atom is -0.487 e. The van der Waals surface area contributed by atoms with E-state index in [4.69, 9.17) is 10.5 Å². The number of aryl methyl sites for hydroxylation is 1. The van der Waals surface area contributed by atoms with E-state index in [1.165, 1.54) is 23.4 Å². The first-order valence-corrected chi connectivity index (χ1v) is 12.1. The molecule has 9 nitrogen and oxygen atoms in total. The Bertz CT molecular complexity index is 1220. The molecule has 0 radical (unpaired) electrons. The van der Waals surface area contributed by atoms with Gasteiger partial charge in [0.25, 0.3) is 0 Å². The number of rotatable bonds is 9. The van der Waals surface area contributed by atoms with Gasteiger partial charge >= 0.3 is 0 Å². The van der Waals surface area contributed by atoms with E-state index in [1.54, 1.807) is 19.2 Å². The van der Waals surface area contributed by atoms with Crippen molar-refractivity contribution in [3.63, 3.8) is 0 Å². The maximum absolute atomic E-state index is 14.8. The summed E-state index contributed by atoms with van der Waals surface area (Å²) in [7, 11) is 1.58. The molecular formula is C26H30F2N8O. The fourth-order valence-electron chi connectivity index (χ4n) is 4.01. The van der Waals surface area contributed by atoms with Gasteiger partial charge in [0.15, 0.2) is 23.2 Å². The molecule has 0 saturated carbocycles. The Morgan fingerprint density at radius 3 is 2.35 bits per heavy atom. The summed E-state index contributed by atoms with van der Waals surface area (Å²) >= 11 is 0. The molecule has 11 heteroatoms. The molecular weight excluding hydrogens is 478 g/mol. The van der Waals surface area contributed by atoms with Crippen LogP contribution in [0.2, 0.25) is 0 Å². The number of nitrogens with zero attached hydrogens (tertiary/aromatic N) is 7. The first kappa shape index (κ1) is 25.9. The monoisotopic (exact) mass is 508 g/mol. The summed E-state index contributed by atoms with van der Waals surface area (Å²) in [6.07, 6.45) is 7.71.